The summed E-state index contributed by atoms with van der Waals surface area (Å²) in [6, 6.07) is 0. The predicted octanol–water partition coefficient (Wildman–Crippen LogP) is 0.784. The summed E-state index contributed by atoms with van der Waals surface area (Å²) in [5.74, 6) is 0. The molecule has 0 atom stereocenters. The first-order valence-electron chi connectivity index (χ1n) is 4.86. The van der Waals surface area contributed by atoms with Crippen molar-refractivity contribution in [3.8, 4) is 0 Å². The van der Waals surface area contributed by atoms with Crippen molar-refractivity contribution in [1.82, 2.24) is 9.80 Å². The van der Waals surface area contributed by atoms with Crippen molar-refractivity contribution in [1.29, 1.82) is 0 Å². The standard InChI is InChI=1S/C10H20N2O/c1-10(2)12-6-4-11(5-7-12)8-9-13-3/h1,4-9H2,2-3H3. The SMILES string of the molecule is C=C(C)N1CCN(CCOC)CC1. The van der Waals surface area contributed by atoms with Gasteiger partial charge in [0.25, 0.3) is 0 Å². The molecule has 0 unspecified atom stereocenters. The second-order valence-electron chi connectivity index (χ2n) is 3.56. The van der Waals surface area contributed by atoms with Crippen LogP contribution in [0.3, 0.4) is 0 Å². The first-order valence-corrected chi connectivity index (χ1v) is 4.86. The highest BCUT2D eigenvalue weighted by atomic mass is 16.5. The largest absolute Gasteiger partial charge is 0.383 e. The third kappa shape index (κ3) is 3.36. The maximum Gasteiger partial charge on any atom is 0.0589 e. The third-order valence-electron chi connectivity index (χ3n) is 2.52. The van der Waals surface area contributed by atoms with Crippen molar-refractivity contribution in [3.63, 3.8) is 0 Å². The van der Waals surface area contributed by atoms with Gasteiger partial charge in [0.1, 0.15) is 0 Å². The molecule has 0 aromatic heterocycles. The average molecular weight is 184 g/mol. The van der Waals surface area contributed by atoms with Crippen molar-refractivity contribution in [2.45, 2.75) is 6.92 Å². The molecular formula is C10H20N2O. The lowest BCUT2D eigenvalue weighted by molar-refractivity contribution is 0.111. The number of rotatable bonds is 4. The average Bonchev–Trinajstić information content (AvgIpc) is 2.15. The summed E-state index contributed by atoms with van der Waals surface area (Å²) >= 11 is 0. The molecule has 0 aliphatic carbocycles. The molecule has 0 spiro atoms. The van der Waals surface area contributed by atoms with Gasteiger partial charge in [-0.05, 0) is 6.92 Å². The predicted molar refractivity (Wildman–Crippen MR) is 54.7 cm³/mol. The Hall–Kier alpha value is -0.540. The maximum absolute atomic E-state index is 5.05. The van der Waals surface area contributed by atoms with Gasteiger partial charge in [-0.25, -0.2) is 0 Å². The van der Waals surface area contributed by atoms with Gasteiger partial charge in [-0.15, -0.1) is 0 Å². The van der Waals surface area contributed by atoms with Crippen LogP contribution < -0.4 is 0 Å². The molecule has 76 valence electrons. The van der Waals surface area contributed by atoms with Gasteiger partial charge >= 0.3 is 0 Å². The van der Waals surface area contributed by atoms with Gasteiger partial charge in [0.2, 0.25) is 0 Å². The van der Waals surface area contributed by atoms with Crippen LogP contribution in [0.1, 0.15) is 6.92 Å². The van der Waals surface area contributed by atoms with Crippen LogP contribution in [0.5, 0.6) is 0 Å². The fourth-order valence-electron chi connectivity index (χ4n) is 1.57. The minimum absolute atomic E-state index is 0.840. The molecule has 0 aromatic carbocycles. The van der Waals surface area contributed by atoms with Gasteiger partial charge in [-0.2, -0.15) is 0 Å². The molecule has 1 saturated heterocycles. The molecule has 0 saturated carbocycles. The minimum Gasteiger partial charge on any atom is -0.383 e. The number of ether oxygens (including phenoxy) is 1. The molecule has 0 bridgehead atoms. The van der Waals surface area contributed by atoms with Gasteiger partial charge in [-0.1, -0.05) is 6.58 Å². The number of hydrogen-bond acceptors (Lipinski definition) is 3. The fraction of sp³-hybridized carbons (Fsp3) is 0.800. The van der Waals surface area contributed by atoms with Crippen LogP contribution >= 0.6 is 0 Å². The summed E-state index contributed by atoms with van der Waals surface area (Å²) in [5, 5.41) is 0. The molecule has 1 fully saturated rings. The first kappa shape index (κ1) is 10.5. The Balaban J connectivity index is 2.18. The van der Waals surface area contributed by atoms with Crippen LogP contribution in [0.15, 0.2) is 12.3 Å². The summed E-state index contributed by atoms with van der Waals surface area (Å²) in [6.45, 7) is 12.4. The Kier molecular flexibility index (Phi) is 4.25. The Morgan fingerprint density at radius 1 is 1.31 bits per heavy atom. The van der Waals surface area contributed by atoms with Crippen LogP contribution in [0.25, 0.3) is 0 Å². The summed E-state index contributed by atoms with van der Waals surface area (Å²) < 4.78 is 5.05. The van der Waals surface area contributed by atoms with E-state index in [4.69, 9.17) is 4.74 Å². The highest BCUT2D eigenvalue weighted by Crippen LogP contribution is 2.06. The second kappa shape index (κ2) is 5.25. The van der Waals surface area contributed by atoms with Crippen molar-refractivity contribution < 1.29 is 4.74 Å². The van der Waals surface area contributed by atoms with Crippen LogP contribution in [0, 0.1) is 0 Å². The van der Waals surface area contributed by atoms with Crippen molar-refractivity contribution in [3.05, 3.63) is 12.3 Å². The van der Waals surface area contributed by atoms with Crippen LogP contribution in [-0.4, -0.2) is 56.2 Å². The molecule has 1 aliphatic heterocycles. The van der Waals surface area contributed by atoms with E-state index in [9.17, 15) is 0 Å². The van der Waals surface area contributed by atoms with Gasteiger partial charge in [0.15, 0.2) is 0 Å². The molecule has 3 nitrogen and oxygen atoms in total. The van der Waals surface area contributed by atoms with E-state index in [2.05, 4.69) is 23.3 Å². The monoisotopic (exact) mass is 184 g/mol. The zero-order valence-corrected chi connectivity index (χ0v) is 8.75. The van der Waals surface area contributed by atoms with Gasteiger partial charge in [0, 0.05) is 45.5 Å². The van der Waals surface area contributed by atoms with E-state index >= 15 is 0 Å². The molecule has 0 N–H and O–H groups in total. The van der Waals surface area contributed by atoms with Gasteiger partial charge in [-0.3, -0.25) is 4.90 Å². The quantitative estimate of drug-likeness (QED) is 0.642. The summed E-state index contributed by atoms with van der Waals surface area (Å²) in [6.07, 6.45) is 0. The number of nitrogens with zero attached hydrogens (tertiary/aromatic N) is 2. The smallest absolute Gasteiger partial charge is 0.0589 e. The highest BCUT2D eigenvalue weighted by Gasteiger charge is 2.15. The number of hydrogen-bond donors (Lipinski definition) is 0. The minimum atomic E-state index is 0.840. The Morgan fingerprint density at radius 2 is 1.92 bits per heavy atom. The van der Waals surface area contributed by atoms with Crippen molar-refractivity contribution in [2.75, 3.05) is 46.4 Å². The molecule has 0 radical (unpaired) electrons. The summed E-state index contributed by atoms with van der Waals surface area (Å²) in [4.78, 5) is 4.77. The summed E-state index contributed by atoms with van der Waals surface area (Å²) in [5.41, 5.74) is 1.19. The van der Waals surface area contributed by atoms with Crippen LogP contribution in [-0.2, 0) is 4.74 Å². The van der Waals surface area contributed by atoms with Crippen molar-refractivity contribution >= 4 is 0 Å². The topological polar surface area (TPSA) is 15.7 Å². The fourth-order valence-corrected chi connectivity index (χ4v) is 1.57. The van der Waals surface area contributed by atoms with Crippen LogP contribution in [0.2, 0.25) is 0 Å². The molecule has 3 heteroatoms. The number of piperazine rings is 1. The molecule has 13 heavy (non-hydrogen) atoms. The van der Waals surface area contributed by atoms with E-state index < -0.39 is 0 Å². The first-order chi connectivity index (χ1) is 6.24. The number of allylic oxidation sites excluding steroid dienone is 1. The third-order valence-corrected chi connectivity index (χ3v) is 2.52. The molecule has 0 amide bonds. The van der Waals surface area contributed by atoms with E-state index in [1.165, 1.54) is 5.70 Å². The van der Waals surface area contributed by atoms with Crippen molar-refractivity contribution in [2.24, 2.45) is 0 Å². The lowest BCUT2D eigenvalue weighted by Gasteiger charge is -2.36. The zero-order chi connectivity index (χ0) is 9.68. The highest BCUT2D eigenvalue weighted by molar-refractivity contribution is 4.91. The maximum atomic E-state index is 5.05. The zero-order valence-electron chi connectivity index (χ0n) is 8.75. The van der Waals surface area contributed by atoms with Gasteiger partial charge < -0.3 is 9.64 Å². The normalized spacial score (nSPS) is 19.1. The lowest BCUT2D eigenvalue weighted by Crippen LogP contribution is -2.46. The Labute approximate surface area is 81.0 Å². The molecule has 1 aliphatic rings. The molecular weight excluding hydrogens is 164 g/mol. The number of methoxy groups -OCH3 is 1. The lowest BCUT2D eigenvalue weighted by atomic mass is 10.3. The Bertz CT molecular complexity index is 162. The summed E-state index contributed by atoms with van der Waals surface area (Å²) in [7, 11) is 1.75. The van der Waals surface area contributed by atoms with Gasteiger partial charge in [0.05, 0.1) is 6.61 Å². The molecule has 1 heterocycles. The van der Waals surface area contributed by atoms with E-state index in [0.29, 0.717) is 0 Å². The van der Waals surface area contributed by atoms with E-state index in [-0.39, 0.29) is 0 Å². The van der Waals surface area contributed by atoms with Crippen LogP contribution in [0.4, 0.5) is 0 Å². The van der Waals surface area contributed by atoms with E-state index in [0.717, 1.165) is 39.3 Å². The molecule has 0 aromatic rings. The second-order valence-corrected chi connectivity index (χ2v) is 3.56. The van der Waals surface area contributed by atoms with E-state index in [1.807, 2.05) is 0 Å². The molecule has 1 rings (SSSR count). The Morgan fingerprint density at radius 3 is 2.38 bits per heavy atom. The van der Waals surface area contributed by atoms with E-state index in [1.54, 1.807) is 7.11 Å².